The molecule has 0 radical (unpaired) electrons. The highest BCUT2D eigenvalue weighted by atomic mass is 32.1. The SMILES string of the molecule is C=CCOC(=O)C(C)(OC(=O)C([C@@H](C)O[Si](C)(C)C)N1C(=O)CC1S)[Si](C)(C)C. The first-order chi connectivity index (χ1) is 13.0. The normalized spacial score (nSPS) is 21.5. The van der Waals surface area contributed by atoms with Gasteiger partial charge in [-0.25, -0.2) is 9.59 Å². The Morgan fingerprint density at radius 3 is 2.24 bits per heavy atom. The van der Waals surface area contributed by atoms with Crippen molar-refractivity contribution in [3.8, 4) is 0 Å². The molecule has 1 aliphatic rings. The third-order valence-corrected chi connectivity index (χ3v) is 9.63. The summed E-state index contributed by atoms with van der Waals surface area (Å²) in [5, 5.41) is -1.82. The van der Waals surface area contributed by atoms with E-state index in [0.717, 1.165) is 0 Å². The van der Waals surface area contributed by atoms with Gasteiger partial charge in [0.1, 0.15) is 14.7 Å². The van der Waals surface area contributed by atoms with Crippen molar-refractivity contribution in [1.82, 2.24) is 4.90 Å². The Morgan fingerprint density at radius 2 is 1.86 bits per heavy atom. The topological polar surface area (TPSA) is 82.1 Å². The van der Waals surface area contributed by atoms with Crippen LogP contribution in [-0.4, -0.2) is 68.5 Å². The number of ether oxygens (including phenoxy) is 2. The first-order valence-corrected chi connectivity index (χ1v) is 17.2. The highest BCUT2D eigenvalue weighted by molar-refractivity contribution is 7.81. The van der Waals surface area contributed by atoms with Crippen molar-refractivity contribution >= 4 is 46.9 Å². The lowest BCUT2D eigenvalue weighted by Gasteiger charge is -2.46. The average Bonchev–Trinajstić information content (AvgIpc) is 2.54. The molecule has 0 N–H and O–H groups in total. The summed E-state index contributed by atoms with van der Waals surface area (Å²) in [6.07, 6.45) is 1.11. The molecule has 4 atom stereocenters. The smallest absolute Gasteiger partial charge is 0.346 e. The van der Waals surface area contributed by atoms with Gasteiger partial charge in [0.25, 0.3) is 0 Å². The van der Waals surface area contributed by atoms with Crippen LogP contribution < -0.4 is 0 Å². The minimum atomic E-state index is -2.38. The minimum Gasteiger partial charge on any atom is -0.459 e. The van der Waals surface area contributed by atoms with Crippen LogP contribution in [0.2, 0.25) is 39.3 Å². The maximum absolute atomic E-state index is 13.3. The van der Waals surface area contributed by atoms with E-state index in [4.69, 9.17) is 13.9 Å². The molecule has 1 rings (SSSR count). The van der Waals surface area contributed by atoms with E-state index in [1.165, 1.54) is 11.0 Å². The highest BCUT2D eigenvalue weighted by Crippen LogP contribution is 2.32. The molecule has 3 unspecified atom stereocenters. The van der Waals surface area contributed by atoms with Gasteiger partial charge in [-0.15, -0.1) is 0 Å². The fourth-order valence-corrected chi connectivity index (χ4v) is 5.71. The summed E-state index contributed by atoms with van der Waals surface area (Å²) in [4.78, 5) is 39.7. The molecular weight excluding hydrogens is 426 g/mol. The van der Waals surface area contributed by atoms with Crippen molar-refractivity contribution < 1.29 is 28.3 Å². The van der Waals surface area contributed by atoms with Gasteiger partial charge in [-0.2, -0.15) is 12.6 Å². The van der Waals surface area contributed by atoms with E-state index >= 15 is 0 Å². The first kappa shape index (κ1) is 25.9. The van der Waals surface area contributed by atoms with Crippen LogP contribution in [0.1, 0.15) is 20.3 Å². The van der Waals surface area contributed by atoms with E-state index in [9.17, 15) is 14.4 Å². The van der Waals surface area contributed by atoms with E-state index in [-0.39, 0.29) is 18.9 Å². The number of likely N-dealkylation sites (tertiary alicyclic amines) is 1. The maximum Gasteiger partial charge on any atom is 0.346 e. The van der Waals surface area contributed by atoms with E-state index in [0.29, 0.717) is 0 Å². The molecule has 29 heavy (non-hydrogen) atoms. The number of hydrogen-bond donors (Lipinski definition) is 1. The summed E-state index contributed by atoms with van der Waals surface area (Å²) in [6.45, 7) is 18.7. The number of hydrogen-bond acceptors (Lipinski definition) is 7. The van der Waals surface area contributed by atoms with Crippen molar-refractivity contribution in [1.29, 1.82) is 0 Å². The molecule has 0 aromatic carbocycles. The highest BCUT2D eigenvalue weighted by Gasteiger charge is 2.54. The molecule has 10 heteroatoms. The van der Waals surface area contributed by atoms with Gasteiger partial charge in [0.2, 0.25) is 5.91 Å². The average molecular weight is 462 g/mol. The summed E-state index contributed by atoms with van der Waals surface area (Å²) in [5.74, 6) is -1.48. The molecule has 0 saturated carbocycles. The Morgan fingerprint density at radius 1 is 1.31 bits per heavy atom. The molecule has 0 aromatic heterocycles. The van der Waals surface area contributed by atoms with E-state index < -0.39 is 51.1 Å². The van der Waals surface area contributed by atoms with Crippen LogP contribution in [0.15, 0.2) is 12.7 Å². The van der Waals surface area contributed by atoms with Crippen LogP contribution in [-0.2, 0) is 28.3 Å². The Kier molecular flexibility index (Phi) is 8.37. The lowest BCUT2D eigenvalue weighted by Crippen LogP contribution is -2.66. The van der Waals surface area contributed by atoms with E-state index in [1.807, 2.05) is 39.3 Å². The second-order valence-corrected chi connectivity index (χ2v) is 20.0. The van der Waals surface area contributed by atoms with Crippen LogP contribution in [0.25, 0.3) is 0 Å². The zero-order valence-electron chi connectivity index (χ0n) is 18.8. The monoisotopic (exact) mass is 461 g/mol. The van der Waals surface area contributed by atoms with Gasteiger partial charge >= 0.3 is 11.9 Å². The number of carbonyl (C=O) groups is 3. The fourth-order valence-electron chi connectivity index (χ4n) is 2.94. The van der Waals surface area contributed by atoms with Crippen molar-refractivity contribution in [3.63, 3.8) is 0 Å². The van der Waals surface area contributed by atoms with Gasteiger partial charge < -0.3 is 18.8 Å². The molecule has 7 nitrogen and oxygen atoms in total. The van der Waals surface area contributed by atoms with Crippen LogP contribution in [0, 0.1) is 0 Å². The third-order valence-electron chi connectivity index (χ3n) is 4.95. The summed E-state index contributed by atoms with van der Waals surface area (Å²) in [5.41, 5.74) is 0. The van der Waals surface area contributed by atoms with Crippen molar-refractivity contribution in [2.24, 2.45) is 0 Å². The standard InChI is InChI=1S/C19H35NO6SSi2/c1-10-11-24-18(23)19(3,28(4,5)6)25-17(22)16(13(2)26-29(7,8)9)20-14(21)12-15(20)27/h10,13,15-16,27H,1,11-12H2,2-9H3/t13-,15?,16?,19?/m1/s1. The molecule has 1 saturated heterocycles. The molecule has 1 fully saturated rings. The molecule has 1 aliphatic heterocycles. The number of amides is 1. The molecule has 0 aromatic rings. The number of β-lactam (4-membered cyclic amide) rings is 1. The number of rotatable bonds is 10. The maximum atomic E-state index is 13.3. The summed E-state index contributed by atoms with van der Waals surface area (Å²) < 4.78 is 17.2. The third kappa shape index (κ3) is 6.19. The number of thiol groups is 1. The van der Waals surface area contributed by atoms with E-state index in [2.05, 4.69) is 19.2 Å². The number of carbonyl (C=O) groups excluding carboxylic acids is 3. The lowest BCUT2D eigenvalue weighted by atomic mass is 10.0. The quantitative estimate of drug-likeness (QED) is 0.177. The van der Waals surface area contributed by atoms with Crippen molar-refractivity contribution in [2.75, 3.05) is 6.61 Å². The molecule has 0 bridgehead atoms. The van der Waals surface area contributed by atoms with Crippen molar-refractivity contribution in [3.05, 3.63) is 12.7 Å². The van der Waals surface area contributed by atoms with Gasteiger partial charge in [0.05, 0.1) is 17.9 Å². The molecule has 0 spiro atoms. The summed E-state index contributed by atoms with van der Waals surface area (Å²) in [6, 6.07) is -0.978. The summed E-state index contributed by atoms with van der Waals surface area (Å²) >= 11 is 4.39. The Balaban J connectivity index is 3.23. The molecule has 1 amide bonds. The molecule has 0 aliphatic carbocycles. The molecule has 166 valence electrons. The van der Waals surface area contributed by atoms with Gasteiger partial charge in [0, 0.05) is 0 Å². The fraction of sp³-hybridized carbons (Fsp3) is 0.737. The van der Waals surface area contributed by atoms with Gasteiger partial charge in [-0.3, -0.25) is 4.79 Å². The number of esters is 2. The van der Waals surface area contributed by atoms with Gasteiger partial charge in [-0.05, 0) is 33.5 Å². The number of nitrogens with zero attached hydrogens (tertiary/aromatic N) is 1. The van der Waals surface area contributed by atoms with Crippen LogP contribution in [0.4, 0.5) is 0 Å². The minimum absolute atomic E-state index is 0.0261. The van der Waals surface area contributed by atoms with Crippen LogP contribution in [0.3, 0.4) is 0 Å². The molecular formula is C19H35NO6SSi2. The Labute approximate surface area is 181 Å². The molecule has 1 heterocycles. The second-order valence-electron chi connectivity index (χ2n) is 9.46. The van der Waals surface area contributed by atoms with Crippen LogP contribution in [0.5, 0.6) is 0 Å². The second kappa shape index (κ2) is 9.36. The van der Waals surface area contributed by atoms with Gasteiger partial charge in [-0.1, -0.05) is 32.3 Å². The van der Waals surface area contributed by atoms with Crippen molar-refractivity contribution in [2.45, 2.75) is 82.3 Å². The zero-order valence-corrected chi connectivity index (χ0v) is 21.7. The van der Waals surface area contributed by atoms with Gasteiger partial charge in [0.15, 0.2) is 19.6 Å². The lowest BCUT2D eigenvalue weighted by molar-refractivity contribution is -0.181. The predicted octanol–water partition coefficient (Wildman–Crippen LogP) is 2.99. The largest absolute Gasteiger partial charge is 0.459 e. The first-order valence-electron chi connectivity index (χ1n) is 9.73. The van der Waals surface area contributed by atoms with Crippen LogP contribution >= 0.6 is 12.6 Å². The Hall–Kier alpha value is -1.11. The van der Waals surface area contributed by atoms with E-state index in [1.54, 1.807) is 13.8 Å². The predicted molar refractivity (Wildman–Crippen MR) is 121 cm³/mol. The zero-order chi connectivity index (χ0) is 22.8. The summed E-state index contributed by atoms with van der Waals surface area (Å²) in [7, 11) is -4.39. The Bertz CT molecular complexity index is 660.